The van der Waals surface area contributed by atoms with Crippen molar-refractivity contribution in [3.63, 3.8) is 0 Å². The number of ether oxygens (including phenoxy) is 2. The molecule has 0 saturated heterocycles. The second kappa shape index (κ2) is 9.28. The van der Waals surface area contributed by atoms with E-state index in [4.69, 9.17) is 13.9 Å². The van der Waals surface area contributed by atoms with Gasteiger partial charge in [0.1, 0.15) is 0 Å². The second-order valence-corrected chi connectivity index (χ2v) is 9.84. The number of halogens is 3. The highest BCUT2D eigenvalue weighted by atomic mass is 19.4. The summed E-state index contributed by atoms with van der Waals surface area (Å²) in [5, 5.41) is 1.84. The molecule has 0 bridgehead atoms. The highest BCUT2D eigenvalue weighted by Crippen LogP contribution is 2.51. The van der Waals surface area contributed by atoms with Gasteiger partial charge in [0.05, 0.1) is 26.1 Å². The van der Waals surface area contributed by atoms with E-state index in [1.54, 1.807) is 32.0 Å². The Morgan fingerprint density at radius 1 is 1.11 bits per heavy atom. The molecule has 1 atom stereocenters. The van der Waals surface area contributed by atoms with Gasteiger partial charge >= 0.3 is 6.18 Å². The van der Waals surface area contributed by atoms with Gasteiger partial charge in [-0.2, -0.15) is 13.2 Å². The first-order valence-corrected chi connectivity index (χ1v) is 11.6. The van der Waals surface area contributed by atoms with E-state index in [1.807, 2.05) is 5.32 Å². The second-order valence-electron chi connectivity index (χ2n) is 9.84. The first-order valence-electron chi connectivity index (χ1n) is 11.6. The number of hydrogen-bond acceptors (Lipinski definition) is 6. The fraction of sp³-hybridized carbons (Fsp3) is 0.423. The van der Waals surface area contributed by atoms with Crippen LogP contribution in [0.3, 0.4) is 0 Å². The zero-order valence-corrected chi connectivity index (χ0v) is 20.8. The van der Waals surface area contributed by atoms with Gasteiger partial charge in [-0.1, -0.05) is 19.9 Å². The number of nitrogens with zero attached hydrogens (tertiary/aromatic N) is 1. The number of allylic oxidation sites excluding steroid dienone is 1. The summed E-state index contributed by atoms with van der Waals surface area (Å²) >= 11 is 0. The van der Waals surface area contributed by atoms with Crippen molar-refractivity contribution in [1.82, 2.24) is 10.2 Å². The third kappa shape index (κ3) is 4.47. The topological polar surface area (TPSA) is 98.1 Å². The van der Waals surface area contributed by atoms with Crippen molar-refractivity contribution in [2.24, 2.45) is 5.41 Å². The van der Waals surface area contributed by atoms with Crippen molar-refractivity contribution >= 4 is 17.6 Å². The van der Waals surface area contributed by atoms with Crippen LogP contribution >= 0.6 is 0 Å². The standard InChI is InChI=1S/C26H27F3N2O6/c1-24(2)13-16-21(17(32)14-24)25(26(27,28)29,30-22(33)19-6-5-11-37-19)23(34)31(16)10-9-15-7-8-18(35-3)20(12-15)36-4/h5-8,11-12H,9-10,13-14H2,1-4H3,(H,30,33)/t25-/m0/s1. The van der Waals surface area contributed by atoms with Crippen molar-refractivity contribution in [1.29, 1.82) is 0 Å². The number of benzene rings is 1. The maximum atomic E-state index is 14.8. The van der Waals surface area contributed by atoms with Gasteiger partial charge < -0.3 is 24.1 Å². The van der Waals surface area contributed by atoms with Gasteiger partial charge in [0.15, 0.2) is 23.0 Å². The Bertz CT molecular complexity index is 1270. The Kier molecular flexibility index (Phi) is 6.60. The molecule has 1 N–H and O–H groups in total. The van der Waals surface area contributed by atoms with E-state index in [2.05, 4.69) is 0 Å². The highest BCUT2D eigenvalue weighted by Gasteiger charge is 2.71. The fourth-order valence-electron chi connectivity index (χ4n) is 4.98. The summed E-state index contributed by atoms with van der Waals surface area (Å²) in [6, 6.07) is 7.54. The molecule has 37 heavy (non-hydrogen) atoms. The van der Waals surface area contributed by atoms with Crippen molar-refractivity contribution < 1.29 is 41.4 Å². The predicted octanol–water partition coefficient (Wildman–Crippen LogP) is 4.06. The fourth-order valence-corrected chi connectivity index (χ4v) is 4.98. The van der Waals surface area contributed by atoms with E-state index in [-0.39, 0.29) is 31.5 Å². The minimum absolute atomic E-state index is 0.0243. The molecule has 2 heterocycles. The average molecular weight is 521 g/mol. The SMILES string of the molecule is COc1ccc(CCN2C(=O)[C@](NC(=O)c3ccco3)(C(F)(F)F)C3=C2CC(C)(C)CC3=O)cc1OC. The molecule has 198 valence electrons. The summed E-state index contributed by atoms with van der Waals surface area (Å²) in [4.78, 5) is 40.6. The van der Waals surface area contributed by atoms with Crippen molar-refractivity contribution in [2.75, 3.05) is 20.8 Å². The summed E-state index contributed by atoms with van der Waals surface area (Å²) < 4.78 is 59.9. The van der Waals surface area contributed by atoms with Gasteiger partial charge in [-0.25, -0.2) is 0 Å². The van der Waals surface area contributed by atoms with Crippen LogP contribution in [0.2, 0.25) is 0 Å². The number of alkyl halides is 3. The quantitative estimate of drug-likeness (QED) is 0.592. The Hall–Kier alpha value is -3.76. The highest BCUT2D eigenvalue weighted by molar-refractivity contribution is 6.14. The molecule has 11 heteroatoms. The lowest BCUT2D eigenvalue weighted by atomic mass is 9.72. The molecule has 1 aromatic carbocycles. The van der Waals surface area contributed by atoms with Crippen molar-refractivity contribution in [3.8, 4) is 11.5 Å². The Labute approximate surface area is 211 Å². The third-order valence-corrected chi connectivity index (χ3v) is 6.66. The average Bonchev–Trinajstić information content (AvgIpc) is 3.43. The smallest absolute Gasteiger partial charge is 0.425 e. The van der Waals surface area contributed by atoms with E-state index in [1.165, 1.54) is 26.4 Å². The molecule has 0 fully saturated rings. The molecule has 0 radical (unpaired) electrons. The number of amides is 2. The van der Waals surface area contributed by atoms with Crippen LogP contribution in [0, 0.1) is 5.41 Å². The van der Waals surface area contributed by atoms with Crippen LogP contribution in [0.4, 0.5) is 13.2 Å². The number of carbonyl (C=O) groups is 3. The van der Waals surface area contributed by atoms with Crippen LogP contribution < -0.4 is 14.8 Å². The lowest BCUT2D eigenvalue weighted by Gasteiger charge is -2.35. The molecule has 8 nitrogen and oxygen atoms in total. The molecule has 2 amide bonds. The van der Waals surface area contributed by atoms with Crippen LogP contribution in [0.5, 0.6) is 11.5 Å². The van der Waals surface area contributed by atoms with Crippen LogP contribution in [0.25, 0.3) is 0 Å². The minimum Gasteiger partial charge on any atom is -0.493 e. The summed E-state index contributed by atoms with van der Waals surface area (Å²) in [5.74, 6) is -3.00. The summed E-state index contributed by atoms with van der Waals surface area (Å²) in [6.07, 6.45) is -4.14. The molecule has 4 rings (SSSR count). The number of methoxy groups -OCH3 is 2. The summed E-state index contributed by atoms with van der Waals surface area (Å²) in [5.41, 5.74) is -4.26. The third-order valence-electron chi connectivity index (χ3n) is 6.66. The van der Waals surface area contributed by atoms with Gasteiger partial charge in [-0.3, -0.25) is 14.4 Å². The number of ketones is 1. The molecule has 0 unspecified atom stereocenters. The molecule has 0 saturated carbocycles. The van der Waals surface area contributed by atoms with Gasteiger partial charge in [-0.05, 0) is 48.1 Å². The van der Waals surface area contributed by atoms with Crippen LogP contribution in [0.15, 0.2) is 52.3 Å². The van der Waals surface area contributed by atoms with Gasteiger partial charge in [0.2, 0.25) is 5.54 Å². The van der Waals surface area contributed by atoms with Gasteiger partial charge in [-0.15, -0.1) is 0 Å². The largest absolute Gasteiger partial charge is 0.493 e. The molecular weight excluding hydrogens is 493 g/mol. The molecule has 1 aliphatic carbocycles. The number of nitrogens with one attached hydrogen (secondary N) is 1. The molecule has 1 aliphatic heterocycles. The predicted molar refractivity (Wildman–Crippen MR) is 125 cm³/mol. The minimum atomic E-state index is -5.29. The van der Waals surface area contributed by atoms with Crippen LogP contribution in [-0.4, -0.2) is 55.0 Å². The zero-order valence-electron chi connectivity index (χ0n) is 20.8. The Balaban J connectivity index is 1.77. The Morgan fingerprint density at radius 3 is 2.41 bits per heavy atom. The van der Waals surface area contributed by atoms with E-state index >= 15 is 0 Å². The normalized spacial score (nSPS) is 21.2. The summed E-state index contributed by atoms with van der Waals surface area (Å²) in [7, 11) is 2.93. The van der Waals surface area contributed by atoms with Gasteiger partial charge in [0.25, 0.3) is 11.8 Å². The van der Waals surface area contributed by atoms with Crippen molar-refractivity contribution in [2.45, 2.75) is 44.8 Å². The monoisotopic (exact) mass is 520 g/mol. The first-order chi connectivity index (χ1) is 17.3. The maximum Gasteiger partial charge on any atom is 0.425 e. The van der Waals surface area contributed by atoms with Crippen molar-refractivity contribution in [3.05, 3.63) is 59.2 Å². The summed E-state index contributed by atoms with van der Waals surface area (Å²) in [6.45, 7) is 3.35. The number of furan rings is 1. The molecule has 2 aliphatic rings. The number of hydrogen-bond donors (Lipinski definition) is 1. The number of rotatable bonds is 7. The number of carbonyl (C=O) groups excluding carboxylic acids is 3. The number of Topliss-reactive ketones (excluding diaryl/α,β-unsaturated/α-hetero) is 1. The van der Waals surface area contributed by atoms with E-state index < -0.39 is 46.1 Å². The molecule has 1 aromatic heterocycles. The Morgan fingerprint density at radius 2 is 1.81 bits per heavy atom. The van der Waals surface area contributed by atoms with Crippen LogP contribution in [0.1, 0.15) is 42.8 Å². The first kappa shape index (κ1) is 26.3. The molecule has 0 spiro atoms. The van der Waals surface area contributed by atoms with E-state index in [9.17, 15) is 27.6 Å². The molecule has 2 aromatic rings. The lowest BCUT2D eigenvalue weighted by molar-refractivity contribution is -0.190. The zero-order chi connectivity index (χ0) is 27.2. The van der Waals surface area contributed by atoms with E-state index in [0.29, 0.717) is 17.1 Å². The van der Waals surface area contributed by atoms with Crippen LogP contribution in [-0.2, 0) is 16.0 Å². The molecular formula is C26H27F3N2O6. The lowest BCUT2D eigenvalue weighted by Crippen LogP contribution is -2.66. The van der Waals surface area contributed by atoms with E-state index in [0.717, 1.165) is 11.2 Å². The maximum absolute atomic E-state index is 14.8. The van der Waals surface area contributed by atoms with Gasteiger partial charge in [0, 0.05) is 18.7 Å².